The highest BCUT2D eigenvalue weighted by atomic mass is 32.1. The maximum atomic E-state index is 14.1. The van der Waals surface area contributed by atoms with E-state index in [0.717, 1.165) is 11.3 Å². The quantitative estimate of drug-likeness (QED) is 0.911. The van der Waals surface area contributed by atoms with Gasteiger partial charge in [0.05, 0.1) is 23.4 Å². The van der Waals surface area contributed by atoms with Gasteiger partial charge in [0.15, 0.2) is 0 Å². The molecule has 3 nitrogen and oxygen atoms in total. The summed E-state index contributed by atoms with van der Waals surface area (Å²) < 4.78 is 14.1. The van der Waals surface area contributed by atoms with Gasteiger partial charge in [0.2, 0.25) is 0 Å². The Kier molecular flexibility index (Phi) is 4.50. The molecule has 0 bridgehead atoms. The first-order valence-corrected chi connectivity index (χ1v) is 7.11. The molecule has 1 aromatic carbocycles. The molecule has 1 aromatic heterocycles. The zero-order chi connectivity index (χ0) is 13.8. The van der Waals surface area contributed by atoms with E-state index in [4.69, 9.17) is 0 Å². The molecule has 2 aromatic rings. The SMILES string of the molecule is CNC(C)c1cccc(F)c1N(C)Cc1cscn1. The fraction of sp³-hybridized carbons (Fsp3) is 0.357. The number of thiazole rings is 1. The Hall–Kier alpha value is -1.46. The van der Waals surface area contributed by atoms with Crippen LogP contribution in [0.1, 0.15) is 24.2 Å². The van der Waals surface area contributed by atoms with Crippen molar-refractivity contribution < 1.29 is 4.39 Å². The van der Waals surface area contributed by atoms with Crippen molar-refractivity contribution in [1.29, 1.82) is 0 Å². The van der Waals surface area contributed by atoms with E-state index in [0.29, 0.717) is 12.2 Å². The molecule has 0 saturated heterocycles. The second kappa shape index (κ2) is 6.12. The van der Waals surface area contributed by atoms with Crippen LogP contribution in [-0.2, 0) is 6.54 Å². The minimum absolute atomic E-state index is 0.101. The molecule has 2 rings (SSSR count). The number of benzene rings is 1. The third-order valence-electron chi connectivity index (χ3n) is 3.18. The highest BCUT2D eigenvalue weighted by Crippen LogP contribution is 2.29. The smallest absolute Gasteiger partial charge is 0.146 e. The molecule has 1 unspecified atom stereocenters. The van der Waals surface area contributed by atoms with E-state index in [1.54, 1.807) is 22.9 Å². The lowest BCUT2D eigenvalue weighted by Gasteiger charge is -2.25. The number of para-hydroxylation sites is 1. The molecule has 0 spiro atoms. The summed E-state index contributed by atoms with van der Waals surface area (Å²) in [7, 11) is 3.77. The van der Waals surface area contributed by atoms with Crippen molar-refractivity contribution in [3.63, 3.8) is 0 Å². The molecule has 0 aliphatic heterocycles. The fourth-order valence-electron chi connectivity index (χ4n) is 2.08. The third kappa shape index (κ3) is 3.11. The molecule has 19 heavy (non-hydrogen) atoms. The molecule has 102 valence electrons. The molecule has 0 amide bonds. The van der Waals surface area contributed by atoms with Crippen LogP contribution in [0.15, 0.2) is 29.1 Å². The summed E-state index contributed by atoms with van der Waals surface area (Å²) in [6, 6.07) is 5.30. The summed E-state index contributed by atoms with van der Waals surface area (Å²) in [6.07, 6.45) is 0. The van der Waals surface area contributed by atoms with Crippen LogP contribution in [0.3, 0.4) is 0 Å². The number of nitrogens with zero attached hydrogens (tertiary/aromatic N) is 2. The molecule has 5 heteroatoms. The monoisotopic (exact) mass is 279 g/mol. The molecule has 0 aliphatic rings. The van der Waals surface area contributed by atoms with Crippen LogP contribution in [0.5, 0.6) is 0 Å². The zero-order valence-electron chi connectivity index (χ0n) is 11.4. The van der Waals surface area contributed by atoms with Gasteiger partial charge in [-0.25, -0.2) is 9.37 Å². The van der Waals surface area contributed by atoms with Gasteiger partial charge in [-0.05, 0) is 25.6 Å². The highest BCUT2D eigenvalue weighted by molar-refractivity contribution is 7.07. The molecule has 1 N–H and O–H groups in total. The van der Waals surface area contributed by atoms with Gasteiger partial charge in [-0.3, -0.25) is 0 Å². The number of hydrogen-bond donors (Lipinski definition) is 1. The lowest BCUT2D eigenvalue weighted by molar-refractivity contribution is 0.602. The molecule has 0 radical (unpaired) electrons. The van der Waals surface area contributed by atoms with Crippen molar-refractivity contribution in [2.75, 3.05) is 19.0 Å². The van der Waals surface area contributed by atoms with Gasteiger partial charge in [-0.2, -0.15) is 0 Å². The van der Waals surface area contributed by atoms with Crippen LogP contribution in [0.2, 0.25) is 0 Å². The number of halogens is 1. The average Bonchev–Trinajstić information content (AvgIpc) is 2.90. The maximum absolute atomic E-state index is 14.1. The summed E-state index contributed by atoms with van der Waals surface area (Å²) >= 11 is 1.55. The van der Waals surface area contributed by atoms with E-state index in [9.17, 15) is 4.39 Å². The first-order chi connectivity index (χ1) is 9.13. The Morgan fingerprint density at radius 1 is 1.47 bits per heavy atom. The largest absolute Gasteiger partial charge is 0.366 e. The van der Waals surface area contributed by atoms with Crippen LogP contribution < -0.4 is 10.2 Å². The van der Waals surface area contributed by atoms with Gasteiger partial charge in [-0.15, -0.1) is 11.3 Å². The first kappa shape index (κ1) is 14.0. The van der Waals surface area contributed by atoms with Crippen LogP contribution >= 0.6 is 11.3 Å². The number of aromatic nitrogens is 1. The van der Waals surface area contributed by atoms with Crippen molar-refractivity contribution in [3.05, 3.63) is 46.2 Å². The van der Waals surface area contributed by atoms with Crippen molar-refractivity contribution in [2.24, 2.45) is 0 Å². The van der Waals surface area contributed by atoms with Crippen molar-refractivity contribution >= 4 is 17.0 Å². The molecule has 0 aliphatic carbocycles. The second-order valence-electron chi connectivity index (χ2n) is 4.52. The van der Waals surface area contributed by atoms with E-state index in [2.05, 4.69) is 10.3 Å². The van der Waals surface area contributed by atoms with Gasteiger partial charge in [-0.1, -0.05) is 12.1 Å². The number of anilines is 1. The number of hydrogen-bond acceptors (Lipinski definition) is 4. The van der Waals surface area contributed by atoms with Crippen molar-refractivity contribution in [2.45, 2.75) is 19.5 Å². The minimum Gasteiger partial charge on any atom is -0.366 e. The van der Waals surface area contributed by atoms with Gasteiger partial charge in [0.25, 0.3) is 0 Å². The maximum Gasteiger partial charge on any atom is 0.146 e. The highest BCUT2D eigenvalue weighted by Gasteiger charge is 2.17. The Morgan fingerprint density at radius 3 is 2.89 bits per heavy atom. The van der Waals surface area contributed by atoms with E-state index in [1.165, 1.54) is 6.07 Å². The molecular formula is C14H18FN3S. The van der Waals surface area contributed by atoms with E-state index < -0.39 is 0 Å². The molecule has 1 atom stereocenters. The normalized spacial score (nSPS) is 12.4. The van der Waals surface area contributed by atoms with Crippen LogP contribution in [-0.4, -0.2) is 19.1 Å². The number of rotatable bonds is 5. The summed E-state index contributed by atoms with van der Waals surface area (Å²) in [4.78, 5) is 6.16. The lowest BCUT2D eigenvalue weighted by Crippen LogP contribution is -2.23. The van der Waals surface area contributed by atoms with Gasteiger partial charge in [0.1, 0.15) is 5.82 Å². The third-order valence-corrected chi connectivity index (χ3v) is 3.82. The predicted octanol–water partition coefficient (Wildman–Crippen LogP) is 3.20. The Bertz CT molecular complexity index is 527. The summed E-state index contributed by atoms with van der Waals surface area (Å²) in [5.41, 5.74) is 4.35. The lowest BCUT2D eigenvalue weighted by atomic mass is 10.0. The Labute approximate surface area is 117 Å². The van der Waals surface area contributed by atoms with Crippen LogP contribution in [0.25, 0.3) is 0 Å². The van der Waals surface area contributed by atoms with Gasteiger partial charge < -0.3 is 10.2 Å². The molecule has 1 heterocycles. The molecule has 0 saturated carbocycles. The number of nitrogens with one attached hydrogen (secondary N) is 1. The van der Waals surface area contributed by atoms with Gasteiger partial charge in [0, 0.05) is 18.5 Å². The average molecular weight is 279 g/mol. The minimum atomic E-state index is -0.197. The summed E-state index contributed by atoms with van der Waals surface area (Å²) in [6.45, 7) is 2.63. The van der Waals surface area contributed by atoms with E-state index in [1.807, 2.05) is 37.4 Å². The molecular weight excluding hydrogens is 261 g/mol. The fourth-order valence-corrected chi connectivity index (χ4v) is 2.63. The van der Waals surface area contributed by atoms with Crippen molar-refractivity contribution in [1.82, 2.24) is 10.3 Å². The van der Waals surface area contributed by atoms with Gasteiger partial charge >= 0.3 is 0 Å². The molecule has 0 fully saturated rings. The summed E-state index contributed by atoms with van der Waals surface area (Å²) in [5, 5.41) is 5.14. The summed E-state index contributed by atoms with van der Waals surface area (Å²) in [5.74, 6) is -0.197. The second-order valence-corrected chi connectivity index (χ2v) is 5.24. The van der Waals surface area contributed by atoms with Crippen LogP contribution in [0.4, 0.5) is 10.1 Å². The predicted molar refractivity (Wildman–Crippen MR) is 78.1 cm³/mol. The van der Waals surface area contributed by atoms with Crippen molar-refractivity contribution in [3.8, 4) is 0 Å². The topological polar surface area (TPSA) is 28.2 Å². The van der Waals surface area contributed by atoms with E-state index in [-0.39, 0.29) is 11.9 Å². The Morgan fingerprint density at radius 2 is 2.26 bits per heavy atom. The van der Waals surface area contributed by atoms with Crippen LogP contribution in [0, 0.1) is 5.82 Å². The van der Waals surface area contributed by atoms with E-state index >= 15 is 0 Å². The standard InChI is InChI=1S/C14H18FN3S/c1-10(16-2)12-5-4-6-13(15)14(12)18(3)7-11-8-19-9-17-11/h4-6,8-10,16H,7H2,1-3H3. The first-order valence-electron chi connectivity index (χ1n) is 6.17. The zero-order valence-corrected chi connectivity index (χ0v) is 12.2. The Balaban J connectivity index is 2.31.